The van der Waals surface area contributed by atoms with Gasteiger partial charge in [0.25, 0.3) is 11.6 Å². The van der Waals surface area contributed by atoms with Crippen molar-refractivity contribution in [1.29, 1.82) is 0 Å². The number of aromatic amines is 1. The second kappa shape index (κ2) is 11.9. The van der Waals surface area contributed by atoms with E-state index in [4.69, 9.17) is 4.99 Å². The van der Waals surface area contributed by atoms with E-state index < -0.39 is 16.9 Å². The van der Waals surface area contributed by atoms with Gasteiger partial charge in [-0.2, -0.15) is 0 Å². The summed E-state index contributed by atoms with van der Waals surface area (Å²) in [5, 5.41) is 27.7. The van der Waals surface area contributed by atoms with Gasteiger partial charge in [-0.05, 0) is 80.7 Å². The number of aryl methyl sites for hydroxylation is 1. The molecule has 1 aromatic heterocycles. The quantitative estimate of drug-likeness (QED) is 0.0708. The van der Waals surface area contributed by atoms with Gasteiger partial charge in [-0.15, -0.1) is 0 Å². The van der Waals surface area contributed by atoms with Gasteiger partial charge in [0.2, 0.25) is 0 Å². The molecule has 0 unspecified atom stereocenters. The zero-order chi connectivity index (χ0) is 29.9. The average Bonchev–Trinajstić information content (AvgIpc) is 3.71. The van der Waals surface area contributed by atoms with Crippen molar-refractivity contribution in [3.05, 3.63) is 105 Å². The number of hydrogen-bond acceptors (Lipinski definition) is 7. The van der Waals surface area contributed by atoms with Crippen LogP contribution in [0.3, 0.4) is 0 Å². The molecule has 2 saturated heterocycles. The summed E-state index contributed by atoms with van der Waals surface area (Å²) >= 11 is 0. The third-order valence-corrected chi connectivity index (χ3v) is 7.74. The molecular formula is C32H30N6O5. The van der Waals surface area contributed by atoms with E-state index in [0.717, 1.165) is 24.9 Å². The zero-order valence-corrected chi connectivity index (χ0v) is 23.3. The van der Waals surface area contributed by atoms with Crippen LogP contribution in [0, 0.1) is 10.1 Å². The van der Waals surface area contributed by atoms with Crippen LogP contribution in [0.25, 0.3) is 17.0 Å². The lowest BCUT2D eigenvalue weighted by Gasteiger charge is -2.14. The predicted octanol–water partition coefficient (Wildman–Crippen LogP) is 5.16. The predicted molar refractivity (Wildman–Crippen MR) is 163 cm³/mol. The molecule has 0 aliphatic carbocycles. The highest BCUT2D eigenvalue weighted by Crippen LogP contribution is 2.34. The normalized spacial score (nSPS) is 16.7. The number of fused-ring (bicyclic) bond motifs is 1. The van der Waals surface area contributed by atoms with Crippen LogP contribution in [0.4, 0.5) is 16.2 Å². The Labute approximate surface area is 247 Å². The number of aliphatic imine (C=N–C) groups is 1. The molecule has 2 aliphatic rings. The number of aromatic nitrogens is 1. The summed E-state index contributed by atoms with van der Waals surface area (Å²) in [4.78, 5) is 44.7. The minimum atomic E-state index is -0.571. The second-order valence-corrected chi connectivity index (χ2v) is 10.7. The number of aromatic hydroxyl groups is 1. The molecule has 218 valence electrons. The number of H-pyrrole nitrogens is 1. The van der Waals surface area contributed by atoms with E-state index in [-0.39, 0.29) is 17.3 Å². The summed E-state index contributed by atoms with van der Waals surface area (Å²) in [5.41, 5.74) is 4.57. The van der Waals surface area contributed by atoms with E-state index in [2.05, 4.69) is 32.7 Å². The Hall–Kier alpha value is -5.29. The van der Waals surface area contributed by atoms with Crippen molar-refractivity contribution in [2.24, 2.45) is 4.99 Å². The fourth-order valence-corrected chi connectivity index (χ4v) is 5.55. The summed E-state index contributed by atoms with van der Waals surface area (Å²) in [6.45, 7) is 3.44. The molecule has 4 aromatic rings. The van der Waals surface area contributed by atoms with E-state index in [0.29, 0.717) is 33.4 Å². The number of likely N-dealkylation sites (tertiary alicyclic amines) is 1. The van der Waals surface area contributed by atoms with Gasteiger partial charge in [0.1, 0.15) is 5.70 Å². The summed E-state index contributed by atoms with van der Waals surface area (Å²) in [7, 11) is 0. The van der Waals surface area contributed by atoms with Crippen molar-refractivity contribution in [3.63, 3.8) is 0 Å². The fraction of sp³-hybridized carbons (Fsp3) is 0.219. The number of amides is 3. The first-order valence-corrected chi connectivity index (χ1v) is 14.2. The smallest absolute Gasteiger partial charge is 0.326 e. The minimum Gasteiger partial charge on any atom is -0.494 e. The van der Waals surface area contributed by atoms with Crippen LogP contribution >= 0.6 is 0 Å². The van der Waals surface area contributed by atoms with Gasteiger partial charge in [0.15, 0.2) is 5.88 Å². The number of carbonyl (C=O) groups excluding carboxylic acids is 2. The largest absolute Gasteiger partial charge is 0.494 e. The summed E-state index contributed by atoms with van der Waals surface area (Å²) in [5.74, 6) is -0.647. The van der Waals surface area contributed by atoms with Gasteiger partial charge in [0, 0.05) is 28.6 Å². The fourth-order valence-electron chi connectivity index (χ4n) is 5.55. The number of imide groups is 1. The highest BCUT2D eigenvalue weighted by atomic mass is 16.6. The van der Waals surface area contributed by atoms with Crippen LogP contribution in [0.15, 0.2) is 77.4 Å². The molecule has 43 heavy (non-hydrogen) atoms. The third kappa shape index (κ3) is 6.16. The van der Waals surface area contributed by atoms with Crippen LogP contribution < -0.4 is 10.6 Å². The van der Waals surface area contributed by atoms with Crippen LogP contribution in [0.1, 0.15) is 41.5 Å². The lowest BCUT2D eigenvalue weighted by Crippen LogP contribution is -2.22. The molecule has 2 fully saturated rings. The zero-order valence-electron chi connectivity index (χ0n) is 23.3. The van der Waals surface area contributed by atoms with Gasteiger partial charge in [-0.3, -0.25) is 20.2 Å². The summed E-state index contributed by atoms with van der Waals surface area (Å²) in [6, 6.07) is 18.9. The molecule has 3 heterocycles. The maximum absolute atomic E-state index is 11.9. The van der Waals surface area contributed by atoms with E-state index in [9.17, 15) is 24.8 Å². The van der Waals surface area contributed by atoms with Gasteiger partial charge in [0.05, 0.1) is 21.9 Å². The molecule has 0 saturated carbocycles. The minimum absolute atomic E-state index is 0.0964. The molecule has 11 nitrogen and oxygen atoms in total. The van der Waals surface area contributed by atoms with E-state index >= 15 is 0 Å². The molecule has 11 heteroatoms. The van der Waals surface area contributed by atoms with E-state index in [1.165, 1.54) is 43.6 Å². The number of nitro groups is 1. The Morgan fingerprint density at radius 2 is 1.74 bits per heavy atom. The molecule has 6 rings (SSSR count). The summed E-state index contributed by atoms with van der Waals surface area (Å²) in [6.07, 6.45) is 6.12. The third-order valence-electron chi connectivity index (χ3n) is 7.74. The number of nitrogens with one attached hydrogen (secondary N) is 3. The highest BCUT2D eigenvalue weighted by Gasteiger charge is 2.23. The molecule has 3 amide bonds. The topological polar surface area (TPSA) is 153 Å². The molecular weight excluding hydrogens is 548 g/mol. The van der Waals surface area contributed by atoms with Crippen molar-refractivity contribution in [1.82, 2.24) is 20.5 Å². The Morgan fingerprint density at radius 3 is 2.42 bits per heavy atom. The Morgan fingerprint density at radius 1 is 1.00 bits per heavy atom. The monoisotopic (exact) mass is 578 g/mol. The van der Waals surface area contributed by atoms with Crippen molar-refractivity contribution in [2.75, 3.05) is 19.6 Å². The van der Waals surface area contributed by atoms with Crippen molar-refractivity contribution < 1.29 is 19.6 Å². The highest BCUT2D eigenvalue weighted by molar-refractivity contribution is 6.22. The maximum Gasteiger partial charge on any atom is 0.326 e. The molecule has 0 atom stereocenters. The van der Waals surface area contributed by atoms with Crippen LogP contribution in [-0.2, 0) is 11.2 Å². The number of nitro benzene ring substituents is 1. The van der Waals surface area contributed by atoms with Crippen LogP contribution in [0.2, 0.25) is 0 Å². The average molecular weight is 579 g/mol. The molecule has 0 radical (unpaired) electrons. The van der Waals surface area contributed by atoms with Gasteiger partial charge < -0.3 is 20.3 Å². The first-order valence-electron chi connectivity index (χ1n) is 14.2. The van der Waals surface area contributed by atoms with Crippen molar-refractivity contribution >= 4 is 46.0 Å². The van der Waals surface area contributed by atoms with Crippen molar-refractivity contribution in [2.45, 2.75) is 25.7 Å². The Balaban J connectivity index is 1.35. The maximum atomic E-state index is 11.9. The van der Waals surface area contributed by atoms with Gasteiger partial charge in [-0.1, -0.05) is 36.4 Å². The van der Waals surface area contributed by atoms with Crippen molar-refractivity contribution in [3.8, 4) is 5.88 Å². The first kappa shape index (κ1) is 27.9. The molecule has 0 bridgehead atoms. The molecule has 2 aliphatic heterocycles. The van der Waals surface area contributed by atoms with E-state index in [1.807, 2.05) is 12.1 Å². The van der Waals surface area contributed by atoms with Gasteiger partial charge >= 0.3 is 6.03 Å². The first-order chi connectivity index (χ1) is 20.8. The number of nitrogens with zero attached hydrogens (tertiary/aromatic N) is 3. The standard InChI is InChI=1S/C32H30N6O5/c39-30-27(35-32(41)36-30)18-21-7-11-23(12-8-21)33-29(28-25-19-24(38(42)43)13-14-26(25)34-31(28)40)22-9-5-20(6-10-22)4-3-17-37-15-1-2-16-37/h5-14,18-19,34,40H,1-4,15-17H2,(H2,35,36,39,41)/b27-18-,33-29?. The molecule has 3 aromatic carbocycles. The number of non-ortho nitro benzene ring substituents is 1. The summed E-state index contributed by atoms with van der Waals surface area (Å²) < 4.78 is 0. The number of urea groups is 1. The lowest BCUT2D eigenvalue weighted by atomic mass is 9.98. The van der Waals surface area contributed by atoms with Crippen LogP contribution in [0.5, 0.6) is 5.88 Å². The SMILES string of the molecule is O=C1NC(=O)/C(=C/c2ccc(N=C(c3ccc(CCCN4CCCC4)cc3)c3c(O)[nH]c4ccc([N+](=O)[O-])cc34)cc2)N1. The van der Waals surface area contributed by atoms with Gasteiger partial charge in [-0.25, -0.2) is 9.79 Å². The number of carbonyl (C=O) groups is 2. The second-order valence-electron chi connectivity index (χ2n) is 10.7. The molecule has 4 N–H and O–H groups in total. The lowest BCUT2D eigenvalue weighted by molar-refractivity contribution is -0.384. The number of benzene rings is 3. The number of hydrogen-bond donors (Lipinski definition) is 4. The van der Waals surface area contributed by atoms with Crippen LogP contribution in [-0.4, -0.2) is 57.2 Å². The Bertz CT molecular complexity index is 1770. The Kier molecular flexibility index (Phi) is 7.71. The van der Waals surface area contributed by atoms with E-state index in [1.54, 1.807) is 36.4 Å². The number of rotatable bonds is 9. The molecule has 0 spiro atoms.